The largest absolute Gasteiger partial charge is 0.380 e. The zero-order chi connectivity index (χ0) is 13.2. The molecule has 0 bridgehead atoms. The van der Waals surface area contributed by atoms with Gasteiger partial charge in [-0.25, -0.2) is 0 Å². The average Bonchev–Trinajstić information content (AvgIpc) is 2.97. The Morgan fingerprint density at radius 2 is 2.17 bits per heavy atom. The van der Waals surface area contributed by atoms with Gasteiger partial charge < -0.3 is 10.4 Å². The standard InChI is InChI=1S/C14H21NO2S/c1-13(2,11-6-5-9-18-11)10-15-12(16)14(17)7-3-4-8-14/h5-6,9,17H,3-4,7-8,10H2,1-2H3,(H,15,16). The van der Waals surface area contributed by atoms with E-state index in [-0.39, 0.29) is 11.3 Å². The Balaban J connectivity index is 1.93. The van der Waals surface area contributed by atoms with E-state index in [0.29, 0.717) is 19.4 Å². The van der Waals surface area contributed by atoms with E-state index in [2.05, 4.69) is 25.2 Å². The van der Waals surface area contributed by atoms with Gasteiger partial charge in [0.15, 0.2) is 0 Å². The highest BCUT2D eigenvalue weighted by molar-refractivity contribution is 7.10. The van der Waals surface area contributed by atoms with Gasteiger partial charge in [-0.15, -0.1) is 11.3 Å². The molecule has 18 heavy (non-hydrogen) atoms. The molecule has 1 fully saturated rings. The number of rotatable bonds is 4. The lowest BCUT2D eigenvalue weighted by Crippen LogP contribution is -2.48. The second kappa shape index (κ2) is 5.02. The van der Waals surface area contributed by atoms with Crippen molar-refractivity contribution >= 4 is 17.2 Å². The third-order valence-electron chi connectivity index (χ3n) is 3.73. The number of amides is 1. The maximum Gasteiger partial charge on any atom is 0.251 e. The van der Waals surface area contributed by atoms with Crippen molar-refractivity contribution in [2.24, 2.45) is 0 Å². The molecule has 3 nitrogen and oxygen atoms in total. The average molecular weight is 267 g/mol. The van der Waals surface area contributed by atoms with Crippen LogP contribution in [0.4, 0.5) is 0 Å². The normalized spacial score (nSPS) is 18.8. The molecule has 1 aromatic heterocycles. The lowest BCUT2D eigenvalue weighted by atomic mass is 9.91. The van der Waals surface area contributed by atoms with Crippen molar-refractivity contribution in [1.82, 2.24) is 5.32 Å². The molecule has 0 aromatic carbocycles. The Labute approximate surface area is 112 Å². The summed E-state index contributed by atoms with van der Waals surface area (Å²) in [6.07, 6.45) is 3.08. The van der Waals surface area contributed by atoms with E-state index in [0.717, 1.165) is 12.8 Å². The first-order valence-electron chi connectivity index (χ1n) is 6.49. The van der Waals surface area contributed by atoms with E-state index >= 15 is 0 Å². The smallest absolute Gasteiger partial charge is 0.251 e. The Morgan fingerprint density at radius 3 is 2.72 bits per heavy atom. The fraction of sp³-hybridized carbons (Fsp3) is 0.643. The lowest BCUT2D eigenvalue weighted by Gasteiger charge is -2.27. The first-order valence-corrected chi connectivity index (χ1v) is 7.37. The van der Waals surface area contributed by atoms with Crippen molar-refractivity contribution in [3.8, 4) is 0 Å². The Bertz CT molecular complexity index is 405. The SMILES string of the molecule is CC(C)(CNC(=O)C1(O)CCCC1)c1cccs1. The summed E-state index contributed by atoms with van der Waals surface area (Å²) >= 11 is 1.70. The number of carbonyl (C=O) groups excluding carboxylic acids is 1. The highest BCUT2D eigenvalue weighted by Gasteiger charge is 2.39. The Morgan fingerprint density at radius 1 is 1.50 bits per heavy atom. The van der Waals surface area contributed by atoms with Crippen molar-refractivity contribution in [3.63, 3.8) is 0 Å². The zero-order valence-corrected chi connectivity index (χ0v) is 11.8. The van der Waals surface area contributed by atoms with Crippen LogP contribution in [0.25, 0.3) is 0 Å². The van der Waals surface area contributed by atoms with Gasteiger partial charge in [-0.2, -0.15) is 0 Å². The highest BCUT2D eigenvalue weighted by atomic mass is 32.1. The van der Waals surface area contributed by atoms with Gasteiger partial charge in [0.25, 0.3) is 5.91 Å². The van der Waals surface area contributed by atoms with Crippen LogP contribution in [0.15, 0.2) is 17.5 Å². The summed E-state index contributed by atoms with van der Waals surface area (Å²) in [5.74, 6) is -0.204. The fourth-order valence-corrected chi connectivity index (χ4v) is 3.26. The fourth-order valence-electron chi connectivity index (χ4n) is 2.40. The molecule has 0 atom stereocenters. The number of aliphatic hydroxyl groups is 1. The number of thiophene rings is 1. The number of hydrogen-bond donors (Lipinski definition) is 2. The number of nitrogens with one attached hydrogen (secondary N) is 1. The van der Waals surface area contributed by atoms with Crippen molar-refractivity contribution < 1.29 is 9.90 Å². The summed E-state index contributed by atoms with van der Waals surface area (Å²) in [6.45, 7) is 4.78. The number of carbonyl (C=O) groups is 1. The molecular weight excluding hydrogens is 246 g/mol. The van der Waals surface area contributed by atoms with E-state index in [1.807, 2.05) is 11.4 Å². The predicted molar refractivity (Wildman–Crippen MR) is 73.8 cm³/mol. The Kier molecular flexibility index (Phi) is 3.78. The molecule has 1 aromatic rings. The Hall–Kier alpha value is -0.870. The minimum Gasteiger partial charge on any atom is -0.380 e. The molecule has 2 rings (SSSR count). The summed E-state index contributed by atoms with van der Waals surface area (Å²) in [6, 6.07) is 4.11. The van der Waals surface area contributed by atoms with Gasteiger partial charge in [-0.3, -0.25) is 4.79 Å². The monoisotopic (exact) mass is 267 g/mol. The van der Waals surface area contributed by atoms with Crippen LogP contribution in [-0.2, 0) is 10.2 Å². The third kappa shape index (κ3) is 2.75. The van der Waals surface area contributed by atoms with Gasteiger partial charge in [0, 0.05) is 16.8 Å². The van der Waals surface area contributed by atoms with Crippen molar-refractivity contribution in [2.75, 3.05) is 6.54 Å². The quantitative estimate of drug-likeness (QED) is 0.880. The molecule has 2 N–H and O–H groups in total. The summed E-state index contributed by atoms with van der Waals surface area (Å²) in [5.41, 5.74) is -1.20. The molecule has 100 valence electrons. The summed E-state index contributed by atoms with van der Waals surface area (Å²) in [7, 11) is 0. The van der Waals surface area contributed by atoms with Crippen LogP contribution in [-0.4, -0.2) is 23.2 Å². The van der Waals surface area contributed by atoms with Crippen LogP contribution in [0.5, 0.6) is 0 Å². The first kappa shape index (κ1) is 13.6. The van der Waals surface area contributed by atoms with Crippen LogP contribution >= 0.6 is 11.3 Å². The molecule has 0 spiro atoms. The lowest BCUT2D eigenvalue weighted by molar-refractivity contribution is -0.139. The second-order valence-electron chi connectivity index (χ2n) is 5.78. The van der Waals surface area contributed by atoms with E-state index in [9.17, 15) is 9.90 Å². The predicted octanol–water partition coefficient (Wildman–Crippen LogP) is 2.45. The van der Waals surface area contributed by atoms with Gasteiger partial charge in [-0.05, 0) is 37.1 Å². The molecule has 0 unspecified atom stereocenters. The first-order chi connectivity index (χ1) is 8.44. The van der Waals surface area contributed by atoms with Gasteiger partial charge in [0.2, 0.25) is 0 Å². The molecule has 1 aliphatic carbocycles. The summed E-state index contributed by atoms with van der Waals surface area (Å²) in [4.78, 5) is 13.3. The third-order valence-corrected chi connectivity index (χ3v) is 4.97. The minimum absolute atomic E-state index is 0.0845. The minimum atomic E-state index is -1.12. The van der Waals surface area contributed by atoms with Crippen molar-refractivity contribution in [3.05, 3.63) is 22.4 Å². The molecule has 0 radical (unpaired) electrons. The van der Waals surface area contributed by atoms with Gasteiger partial charge in [-0.1, -0.05) is 19.9 Å². The van der Waals surface area contributed by atoms with E-state index in [1.54, 1.807) is 11.3 Å². The van der Waals surface area contributed by atoms with Gasteiger partial charge >= 0.3 is 0 Å². The highest BCUT2D eigenvalue weighted by Crippen LogP contribution is 2.30. The zero-order valence-electron chi connectivity index (χ0n) is 11.0. The maximum absolute atomic E-state index is 12.0. The van der Waals surface area contributed by atoms with Crippen LogP contribution in [0, 0.1) is 0 Å². The van der Waals surface area contributed by atoms with Crippen molar-refractivity contribution in [1.29, 1.82) is 0 Å². The molecule has 0 saturated heterocycles. The van der Waals surface area contributed by atoms with E-state index in [4.69, 9.17) is 0 Å². The summed E-state index contributed by atoms with van der Waals surface area (Å²) < 4.78 is 0. The van der Waals surface area contributed by atoms with Gasteiger partial charge in [0.1, 0.15) is 5.60 Å². The van der Waals surface area contributed by atoms with Crippen LogP contribution < -0.4 is 5.32 Å². The summed E-state index contributed by atoms with van der Waals surface area (Å²) in [5, 5.41) is 15.1. The molecule has 1 heterocycles. The van der Waals surface area contributed by atoms with E-state index < -0.39 is 5.60 Å². The van der Waals surface area contributed by atoms with Gasteiger partial charge in [0.05, 0.1) is 0 Å². The molecule has 4 heteroatoms. The van der Waals surface area contributed by atoms with Crippen molar-refractivity contribution in [2.45, 2.75) is 50.5 Å². The topological polar surface area (TPSA) is 49.3 Å². The molecule has 1 saturated carbocycles. The van der Waals surface area contributed by atoms with Crippen LogP contribution in [0.3, 0.4) is 0 Å². The molecular formula is C14H21NO2S. The van der Waals surface area contributed by atoms with Crippen LogP contribution in [0.2, 0.25) is 0 Å². The molecule has 1 aliphatic rings. The molecule has 1 amide bonds. The second-order valence-corrected chi connectivity index (χ2v) is 6.73. The molecule has 0 aliphatic heterocycles. The maximum atomic E-state index is 12.0. The van der Waals surface area contributed by atoms with Crippen LogP contribution in [0.1, 0.15) is 44.4 Å². The number of hydrogen-bond acceptors (Lipinski definition) is 3. The van der Waals surface area contributed by atoms with E-state index in [1.165, 1.54) is 4.88 Å².